The molecule has 4 amide bonds. The Bertz CT molecular complexity index is 1280. The van der Waals surface area contributed by atoms with Gasteiger partial charge >= 0.3 is 6.03 Å². The van der Waals surface area contributed by atoms with E-state index < -0.39 is 12.2 Å². The Kier molecular flexibility index (Phi) is 9.97. The number of amides is 4. The molecule has 2 saturated heterocycles. The van der Waals surface area contributed by atoms with Crippen LogP contribution in [0, 0.1) is 5.92 Å². The van der Waals surface area contributed by atoms with Crippen molar-refractivity contribution in [1.82, 2.24) is 25.1 Å². The number of carbonyl (C=O) groups excluding carboxylic acids is 3. The molecule has 0 aliphatic carbocycles. The van der Waals surface area contributed by atoms with Gasteiger partial charge in [-0.05, 0) is 29.7 Å². The van der Waals surface area contributed by atoms with Gasteiger partial charge in [0.05, 0.1) is 20.2 Å². The van der Waals surface area contributed by atoms with Gasteiger partial charge in [-0.1, -0.05) is 86.3 Å². The molecule has 1 N–H and O–H groups in total. The first-order valence-corrected chi connectivity index (χ1v) is 13.8. The van der Waals surface area contributed by atoms with Crippen molar-refractivity contribution in [3.63, 3.8) is 0 Å². The van der Waals surface area contributed by atoms with Gasteiger partial charge in [0.15, 0.2) is 0 Å². The predicted molar refractivity (Wildman–Crippen MR) is 158 cm³/mol. The van der Waals surface area contributed by atoms with E-state index in [9.17, 15) is 14.4 Å². The maximum atomic E-state index is 13.9. The van der Waals surface area contributed by atoms with Gasteiger partial charge in [-0.15, -0.1) is 0 Å². The van der Waals surface area contributed by atoms with Gasteiger partial charge in [0.2, 0.25) is 11.8 Å². The highest BCUT2D eigenvalue weighted by atomic mass is 16.5. The molecule has 2 heterocycles. The number of hydrogen-bond acceptors (Lipinski definition) is 5. The summed E-state index contributed by atoms with van der Waals surface area (Å²) in [6, 6.07) is 16.4. The molecule has 2 aromatic carbocycles. The second-order valence-electron chi connectivity index (χ2n) is 10.3. The van der Waals surface area contributed by atoms with E-state index in [4.69, 9.17) is 4.74 Å². The highest BCUT2D eigenvalue weighted by molar-refractivity contribution is 5.91. The Balaban J connectivity index is 1.60. The molecule has 2 aliphatic heterocycles. The minimum atomic E-state index is -0.740. The number of nitrogens with zero attached hydrogens (tertiary/aromatic N) is 4. The molecule has 0 spiro atoms. The number of fused-ring (bicyclic) bond motifs is 1. The quantitative estimate of drug-likeness (QED) is 0.451. The van der Waals surface area contributed by atoms with Gasteiger partial charge in [0.25, 0.3) is 0 Å². The molecular weight excluding hydrogens is 518 g/mol. The lowest BCUT2D eigenvalue weighted by Gasteiger charge is -2.55. The van der Waals surface area contributed by atoms with Crippen LogP contribution in [0.1, 0.15) is 18.1 Å². The van der Waals surface area contributed by atoms with E-state index in [1.54, 1.807) is 46.1 Å². The van der Waals surface area contributed by atoms with Crippen molar-refractivity contribution in [2.45, 2.75) is 32.1 Å². The Hall–Kier alpha value is -4.37. The summed E-state index contributed by atoms with van der Waals surface area (Å²) >= 11 is 0. The molecular formula is C32H39N5O4. The maximum Gasteiger partial charge on any atom is 0.334 e. The highest BCUT2D eigenvalue weighted by Crippen LogP contribution is 2.30. The number of likely N-dealkylation sites (N-methyl/N-ethyl adjacent to an activating group) is 1. The fraction of sp³-hybridized carbons (Fsp3) is 0.344. The van der Waals surface area contributed by atoms with Crippen molar-refractivity contribution in [3.05, 3.63) is 103 Å². The van der Waals surface area contributed by atoms with Crippen LogP contribution in [0.15, 0.2) is 91.6 Å². The fourth-order valence-corrected chi connectivity index (χ4v) is 5.33. The number of benzene rings is 2. The molecule has 9 heteroatoms. The third-order valence-electron chi connectivity index (χ3n) is 7.47. The molecule has 9 nitrogen and oxygen atoms in total. The first-order valence-electron chi connectivity index (χ1n) is 13.8. The second-order valence-corrected chi connectivity index (χ2v) is 10.3. The predicted octanol–water partition coefficient (Wildman–Crippen LogP) is 3.61. The number of rotatable bonds is 10. The molecule has 0 radical (unpaired) electrons. The van der Waals surface area contributed by atoms with Crippen molar-refractivity contribution in [1.29, 1.82) is 0 Å². The van der Waals surface area contributed by atoms with Gasteiger partial charge in [0, 0.05) is 26.1 Å². The van der Waals surface area contributed by atoms with Crippen LogP contribution in [0.4, 0.5) is 4.79 Å². The number of methoxy groups -OCH3 is 1. The minimum absolute atomic E-state index is 0.00689. The number of nitrogens with one attached hydrogen (secondary N) is 1. The summed E-state index contributed by atoms with van der Waals surface area (Å²) < 4.78 is 5.22. The minimum Gasteiger partial charge on any atom is -0.497 e. The van der Waals surface area contributed by atoms with Gasteiger partial charge in [-0.3, -0.25) is 9.59 Å². The summed E-state index contributed by atoms with van der Waals surface area (Å²) in [5.74, 6) is 0.162. The van der Waals surface area contributed by atoms with Gasteiger partial charge < -0.3 is 19.9 Å². The zero-order valence-electron chi connectivity index (χ0n) is 24.0. The lowest BCUT2D eigenvalue weighted by molar-refractivity contribution is -0.189. The van der Waals surface area contributed by atoms with E-state index in [1.165, 1.54) is 0 Å². The first-order chi connectivity index (χ1) is 19.8. The molecule has 3 atom stereocenters. The fourth-order valence-electron chi connectivity index (χ4n) is 5.33. The third-order valence-corrected chi connectivity index (χ3v) is 7.47. The second kappa shape index (κ2) is 13.8. The summed E-state index contributed by atoms with van der Waals surface area (Å²) in [7, 11) is 3.33. The van der Waals surface area contributed by atoms with E-state index in [1.807, 2.05) is 79.7 Å². The van der Waals surface area contributed by atoms with E-state index in [0.717, 1.165) is 16.9 Å². The van der Waals surface area contributed by atoms with Crippen LogP contribution in [-0.4, -0.2) is 83.7 Å². The molecule has 0 saturated carbocycles. The van der Waals surface area contributed by atoms with Crippen molar-refractivity contribution in [3.8, 4) is 5.75 Å². The number of urea groups is 1. The number of hydrazine groups is 1. The standard InChI is InChI=1S/C32H39N5O4/c1-5-6-7-9-12-24(2)30-31(39)35(20-19-25-13-10-8-11-14-25)22-28-36(30)29(38)23-34(3)37(28)32(40)33-21-26-15-17-27(41-4)18-16-26/h5-18,24,28,30H,1,19-23H2,2-4H3,(H,33,40)/b7-6-,12-9-/t24?,28?,30-/m0/s1. The topological polar surface area (TPSA) is 85.4 Å². The van der Waals surface area contributed by atoms with E-state index >= 15 is 0 Å². The number of piperazine rings is 1. The van der Waals surface area contributed by atoms with Gasteiger partial charge in [-0.25, -0.2) is 14.8 Å². The average molecular weight is 558 g/mol. The van der Waals surface area contributed by atoms with Crippen LogP contribution >= 0.6 is 0 Å². The van der Waals surface area contributed by atoms with Crippen LogP contribution < -0.4 is 10.1 Å². The van der Waals surface area contributed by atoms with Crippen LogP contribution in [0.3, 0.4) is 0 Å². The largest absolute Gasteiger partial charge is 0.497 e. The lowest BCUT2D eigenvalue weighted by atomic mass is 9.93. The lowest BCUT2D eigenvalue weighted by Crippen LogP contribution is -2.76. The molecule has 2 aromatic rings. The van der Waals surface area contributed by atoms with E-state index in [-0.39, 0.29) is 36.9 Å². The van der Waals surface area contributed by atoms with Crippen LogP contribution in [0.25, 0.3) is 0 Å². The number of carbonyl (C=O) groups is 3. The summed E-state index contributed by atoms with van der Waals surface area (Å²) in [5, 5.41) is 6.21. The molecule has 2 unspecified atom stereocenters. The molecule has 0 bridgehead atoms. The Labute approximate surface area is 242 Å². The van der Waals surface area contributed by atoms with Crippen molar-refractivity contribution in [2.75, 3.05) is 33.8 Å². The Morgan fingerprint density at radius 1 is 1.07 bits per heavy atom. The normalized spacial score (nSPS) is 20.4. The smallest absolute Gasteiger partial charge is 0.334 e. The molecule has 41 heavy (non-hydrogen) atoms. The van der Waals surface area contributed by atoms with Gasteiger partial charge in [0.1, 0.15) is 18.0 Å². The van der Waals surface area contributed by atoms with Crippen molar-refractivity contribution >= 4 is 17.8 Å². The summed E-state index contributed by atoms with van der Waals surface area (Å²) in [4.78, 5) is 44.4. The van der Waals surface area contributed by atoms with Crippen molar-refractivity contribution < 1.29 is 19.1 Å². The van der Waals surface area contributed by atoms with Gasteiger partial charge in [-0.2, -0.15) is 0 Å². The maximum absolute atomic E-state index is 13.9. The number of hydrogen-bond donors (Lipinski definition) is 1. The molecule has 4 rings (SSSR count). The van der Waals surface area contributed by atoms with Crippen LogP contribution in [-0.2, 0) is 22.6 Å². The molecule has 0 aromatic heterocycles. The summed E-state index contributed by atoms with van der Waals surface area (Å²) in [6.45, 7) is 6.62. The Morgan fingerprint density at radius 3 is 2.49 bits per heavy atom. The number of allylic oxidation sites excluding steroid dienone is 4. The molecule has 216 valence electrons. The SMILES string of the molecule is C=C/C=C\C=C/C(C)[C@H]1C(=O)N(CCc2ccccc2)CC2N1C(=O)CN(C)N2C(=O)NCc1ccc(OC)cc1. The first kappa shape index (κ1) is 29.6. The van der Waals surface area contributed by atoms with E-state index in [2.05, 4.69) is 11.9 Å². The third kappa shape index (κ3) is 7.05. The Morgan fingerprint density at radius 2 is 1.80 bits per heavy atom. The van der Waals surface area contributed by atoms with Crippen LogP contribution in [0.5, 0.6) is 5.75 Å². The summed E-state index contributed by atoms with van der Waals surface area (Å²) in [5.41, 5.74) is 2.03. The summed E-state index contributed by atoms with van der Waals surface area (Å²) in [6.07, 6.45) is 9.12. The molecule has 2 fully saturated rings. The average Bonchev–Trinajstić information content (AvgIpc) is 2.98. The van der Waals surface area contributed by atoms with Crippen molar-refractivity contribution in [2.24, 2.45) is 5.92 Å². The zero-order chi connectivity index (χ0) is 29.4. The van der Waals surface area contributed by atoms with E-state index in [0.29, 0.717) is 19.5 Å². The van der Waals surface area contributed by atoms with Crippen LogP contribution in [0.2, 0.25) is 0 Å². The highest BCUT2D eigenvalue weighted by Gasteiger charge is 2.51. The number of ether oxygens (including phenoxy) is 1. The zero-order valence-corrected chi connectivity index (χ0v) is 24.0. The monoisotopic (exact) mass is 557 g/mol. The molecule has 2 aliphatic rings.